The van der Waals surface area contributed by atoms with Gasteiger partial charge in [0.1, 0.15) is 29.7 Å². The quantitative estimate of drug-likeness (QED) is 0.673. The number of rotatable bonds is 6. The van der Waals surface area contributed by atoms with E-state index in [0.717, 1.165) is 0 Å². The van der Waals surface area contributed by atoms with Crippen molar-refractivity contribution < 1.29 is 19.7 Å². The lowest BCUT2D eigenvalue weighted by molar-refractivity contribution is -0.170. The Morgan fingerprint density at radius 1 is 1.38 bits per heavy atom. The molecule has 0 unspecified atom stereocenters. The van der Waals surface area contributed by atoms with E-state index in [1.165, 1.54) is 27.5 Å². The van der Waals surface area contributed by atoms with Gasteiger partial charge in [-0.05, 0) is 19.1 Å². The number of nitrogens with two attached hydrogens (primary N) is 1. The molecule has 2 aromatic rings. The second-order valence-corrected chi connectivity index (χ2v) is 4.95. The van der Waals surface area contributed by atoms with Crippen molar-refractivity contribution in [2.24, 2.45) is 0 Å². The number of anilines is 1. The highest BCUT2D eigenvalue weighted by atomic mass is 16.5. The van der Waals surface area contributed by atoms with Crippen molar-refractivity contribution in [1.29, 1.82) is 0 Å². The summed E-state index contributed by atoms with van der Waals surface area (Å²) in [4.78, 5) is 3.91. The van der Waals surface area contributed by atoms with Crippen LogP contribution in [0.4, 0.5) is 5.82 Å². The molecule has 8 nitrogen and oxygen atoms in total. The van der Waals surface area contributed by atoms with Crippen molar-refractivity contribution in [3.05, 3.63) is 24.2 Å². The number of fused-ring (bicyclic) bond motifs is 1. The summed E-state index contributed by atoms with van der Waals surface area (Å²) in [5, 5.41) is 24.2. The Hall–Kier alpha value is -1.74. The molecule has 0 aliphatic rings. The molecule has 0 aromatic carbocycles. The second-order valence-electron chi connectivity index (χ2n) is 4.95. The van der Waals surface area contributed by atoms with E-state index < -0.39 is 17.8 Å². The molecule has 0 aliphatic carbocycles. The molecule has 0 amide bonds. The van der Waals surface area contributed by atoms with E-state index in [-0.39, 0.29) is 6.61 Å². The van der Waals surface area contributed by atoms with Gasteiger partial charge in [0.15, 0.2) is 5.82 Å². The fourth-order valence-corrected chi connectivity index (χ4v) is 2.50. The number of aliphatic hydroxyl groups excluding tert-OH is 1. The first kappa shape index (κ1) is 15.6. The summed E-state index contributed by atoms with van der Waals surface area (Å²) in [5.41, 5.74) is 5.53. The van der Waals surface area contributed by atoms with Crippen LogP contribution in [0.5, 0.6) is 0 Å². The number of ether oxygens (including phenoxy) is 2. The average molecular weight is 296 g/mol. The Bertz CT molecular complexity index is 609. The normalized spacial score (nSPS) is 17.6. The summed E-state index contributed by atoms with van der Waals surface area (Å²) in [6.45, 7) is 1.19. The third-order valence-electron chi connectivity index (χ3n) is 3.65. The second kappa shape index (κ2) is 5.94. The standard InChI is InChI=1S/C13H20N4O4/c1-13(19,10(6-18)20-2)11(21-3)8-4-5-9-12(14)15-7-16-17(8)9/h4-5,7,10-11,18-19H,6H2,1-3H3,(H2,14,15,16)/t10-,11+,13-/m1/s1. The van der Waals surface area contributed by atoms with E-state index in [2.05, 4.69) is 10.1 Å². The number of hydrogen-bond acceptors (Lipinski definition) is 7. The van der Waals surface area contributed by atoms with Gasteiger partial charge in [-0.25, -0.2) is 9.50 Å². The molecular formula is C13H20N4O4. The molecule has 0 aliphatic heterocycles. The number of hydrogen-bond donors (Lipinski definition) is 3. The summed E-state index contributed by atoms with van der Waals surface area (Å²) in [7, 11) is 2.88. The molecule has 2 aromatic heterocycles. The fourth-order valence-electron chi connectivity index (χ4n) is 2.50. The zero-order valence-corrected chi connectivity index (χ0v) is 12.2. The van der Waals surface area contributed by atoms with Gasteiger partial charge in [0.25, 0.3) is 0 Å². The van der Waals surface area contributed by atoms with Crippen LogP contribution in [-0.4, -0.2) is 57.3 Å². The van der Waals surface area contributed by atoms with Crippen LogP contribution in [0.25, 0.3) is 5.52 Å². The first-order valence-corrected chi connectivity index (χ1v) is 6.44. The van der Waals surface area contributed by atoms with Crippen molar-refractivity contribution in [1.82, 2.24) is 14.6 Å². The molecule has 4 N–H and O–H groups in total. The van der Waals surface area contributed by atoms with Gasteiger partial charge < -0.3 is 25.4 Å². The molecule has 0 saturated carbocycles. The molecule has 0 radical (unpaired) electrons. The predicted octanol–water partition coefficient (Wildman–Crippen LogP) is -0.243. The van der Waals surface area contributed by atoms with Crippen molar-refractivity contribution >= 4 is 11.3 Å². The van der Waals surface area contributed by atoms with Crippen LogP contribution in [-0.2, 0) is 9.47 Å². The number of nitrogen functional groups attached to an aromatic ring is 1. The smallest absolute Gasteiger partial charge is 0.151 e. The van der Waals surface area contributed by atoms with Gasteiger partial charge in [-0.15, -0.1) is 0 Å². The minimum Gasteiger partial charge on any atom is -0.394 e. The van der Waals surface area contributed by atoms with E-state index in [0.29, 0.717) is 17.0 Å². The monoisotopic (exact) mass is 296 g/mol. The molecule has 0 fully saturated rings. The van der Waals surface area contributed by atoms with Gasteiger partial charge in [0, 0.05) is 14.2 Å². The summed E-state index contributed by atoms with van der Waals surface area (Å²) in [6.07, 6.45) is -0.258. The lowest BCUT2D eigenvalue weighted by Crippen LogP contribution is -2.48. The Kier molecular flexibility index (Phi) is 4.43. The Labute approximate surface area is 122 Å². The maximum Gasteiger partial charge on any atom is 0.151 e. The van der Waals surface area contributed by atoms with Gasteiger partial charge in [-0.1, -0.05) is 0 Å². The van der Waals surface area contributed by atoms with Crippen LogP contribution < -0.4 is 5.73 Å². The SMILES string of the molecule is CO[C@H](CO)[C@@](C)(O)[C@@H](OC)c1ccc2c(N)ncnn12. The first-order valence-electron chi connectivity index (χ1n) is 6.44. The minimum atomic E-state index is -1.47. The van der Waals surface area contributed by atoms with E-state index in [4.69, 9.17) is 15.2 Å². The highest BCUT2D eigenvalue weighted by molar-refractivity contribution is 5.65. The van der Waals surface area contributed by atoms with E-state index in [1.54, 1.807) is 16.6 Å². The fraction of sp³-hybridized carbons (Fsp3) is 0.538. The van der Waals surface area contributed by atoms with Crippen LogP contribution in [0, 0.1) is 0 Å². The summed E-state index contributed by atoms with van der Waals surface area (Å²) >= 11 is 0. The van der Waals surface area contributed by atoms with Crippen LogP contribution in [0.1, 0.15) is 18.7 Å². The van der Waals surface area contributed by atoms with Gasteiger partial charge in [0.2, 0.25) is 0 Å². The van der Waals surface area contributed by atoms with Crippen molar-refractivity contribution in [3.63, 3.8) is 0 Å². The van der Waals surface area contributed by atoms with Crippen molar-refractivity contribution in [2.45, 2.75) is 24.7 Å². The Morgan fingerprint density at radius 3 is 2.67 bits per heavy atom. The maximum absolute atomic E-state index is 10.7. The molecule has 0 saturated heterocycles. The topological polar surface area (TPSA) is 115 Å². The zero-order chi connectivity index (χ0) is 15.6. The number of nitrogens with zero attached hydrogens (tertiary/aromatic N) is 3. The first-order chi connectivity index (χ1) is 9.97. The Balaban J connectivity index is 2.51. The zero-order valence-electron chi connectivity index (χ0n) is 12.2. The third-order valence-corrected chi connectivity index (χ3v) is 3.65. The largest absolute Gasteiger partial charge is 0.394 e. The molecule has 116 valence electrons. The van der Waals surface area contributed by atoms with Crippen molar-refractivity contribution in [2.75, 3.05) is 26.6 Å². The minimum absolute atomic E-state index is 0.330. The van der Waals surface area contributed by atoms with Gasteiger partial charge in [-0.3, -0.25) is 0 Å². The Morgan fingerprint density at radius 2 is 2.10 bits per heavy atom. The lowest BCUT2D eigenvalue weighted by Gasteiger charge is -2.36. The van der Waals surface area contributed by atoms with Gasteiger partial charge in [-0.2, -0.15) is 5.10 Å². The number of aliphatic hydroxyl groups is 2. The van der Waals surface area contributed by atoms with Crippen LogP contribution in [0.15, 0.2) is 18.5 Å². The average Bonchev–Trinajstić information content (AvgIpc) is 2.86. The molecule has 0 bridgehead atoms. The molecule has 0 spiro atoms. The molecule has 2 heterocycles. The summed E-state index contributed by atoms with van der Waals surface area (Å²) in [5.74, 6) is 0.330. The molecule has 8 heteroatoms. The van der Waals surface area contributed by atoms with Crippen LogP contribution in [0.3, 0.4) is 0 Å². The highest BCUT2D eigenvalue weighted by Gasteiger charge is 2.42. The third kappa shape index (κ3) is 2.58. The van der Waals surface area contributed by atoms with E-state index in [1.807, 2.05) is 0 Å². The molecule has 21 heavy (non-hydrogen) atoms. The van der Waals surface area contributed by atoms with Gasteiger partial charge >= 0.3 is 0 Å². The van der Waals surface area contributed by atoms with E-state index >= 15 is 0 Å². The number of aromatic nitrogens is 3. The molecule has 2 rings (SSSR count). The van der Waals surface area contributed by atoms with Crippen LogP contribution >= 0.6 is 0 Å². The van der Waals surface area contributed by atoms with Crippen LogP contribution in [0.2, 0.25) is 0 Å². The maximum atomic E-state index is 10.7. The summed E-state index contributed by atoms with van der Waals surface area (Å²) in [6, 6.07) is 3.49. The van der Waals surface area contributed by atoms with Gasteiger partial charge in [0.05, 0.1) is 12.3 Å². The highest BCUT2D eigenvalue weighted by Crippen LogP contribution is 2.34. The molecular weight excluding hydrogens is 276 g/mol. The lowest BCUT2D eigenvalue weighted by atomic mass is 9.90. The summed E-state index contributed by atoms with van der Waals surface area (Å²) < 4.78 is 12.1. The predicted molar refractivity (Wildman–Crippen MR) is 75.7 cm³/mol. The van der Waals surface area contributed by atoms with E-state index in [9.17, 15) is 10.2 Å². The molecule has 3 atom stereocenters. The van der Waals surface area contributed by atoms with Crippen molar-refractivity contribution in [3.8, 4) is 0 Å². The number of methoxy groups -OCH3 is 2.